The van der Waals surface area contributed by atoms with Crippen LogP contribution in [0.4, 0.5) is 5.69 Å². The number of rotatable bonds is 6. The van der Waals surface area contributed by atoms with E-state index in [0.29, 0.717) is 22.3 Å². The first-order valence-corrected chi connectivity index (χ1v) is 14.8. The first kappa shape index (κ1) is 24.7. The topological polar surface area (TPSA) is 37.4 Å². The molecule has 2 aromatic carbocycles. The average molecular weight is 507 g/mol. The molecule has 30 heavy (non-hydrogen) atoms. The van der Waals surface area contributed by atoms with E-state index >= 15 is 0 Å². The van der Waals surface area contributed by atoms with Crippen molar-refractivity contribution in [1.29, 1.82) is 0 Å². The van der Waals surface area contributed by atoms with Crippen LogP contribution < -0.4 is 4.31 Å². The third-order valence-electron chi connectivity index (χ3n) is 5.84. The van der Waals surface area contributed by atoms with E-state index in [4.69, 9.17) is 0 Å². The first-order chi connectivity index (χ1) is 13.9. The van der Waals surface area contributed by atoms with Crippen molar-refractivity contribution in [1.82, 2.24) is 0 Å². The largest absolute Gasteiger partial charge is 0.275 e. The normalized spacial score (nSPS) is 12.2. The Morgan fingerprint density at radius 2 is 1.43 bits per heavy atom. The predicted octanol–water partition coefficient (Wildman–Crippen LogP) is 7.13. The van der Waals surface area contributed by atoms with Crippen molar-refractivity contribution >= 4 is 39.7 Å². The fraction of sp³-hybridized carbons (Fsp3) is 0.417. The molecule has 3 nitrogen and oxygen atoms in total. The minimum Gasteiger partial charge on any atom is -0.200 e. The minimum absolute atomic E-state index is 0.244. The van der Waals surface area contributed by atoms with Crippen LogP contribution in [0.2, 0.25) is 16.6 Å². The molecule has 0 saturated heterocycles. The highest BCUT2D eigenvalue weighted by atomic mass is 79.9. The summed E-state index contributed by atoms with van der Waals surface area (Å²) in [5, 5.41) is 0. The number of sulfonamides is 1. The molecule has 0 unspecified atom stereocenters. The number of hydrogen-bond donors (Lipinski definition) is 0. The number of anilines is 1. The molecule has 0 aliphatic carbocycles. The van der Waals surface area contributed by atoms with E-state index in [-0.39, 0.29) is 4.90 Å². The summed E-state index contributed by atoms with van der Waals surface area (Å²) in [5.74, 6) is 0. The van der Waals surface area contributed by atoms with Crippen molar-refractivity contribution < 1.29 is 8.42 Å². The van der Waals surface area contributed by atoms with Crippen LogP contribution >= 0.6 is 15.9 Å². The van der Waals surface area contributed by atoms with Crippen LogP contribution in [0.3, 0.4) is 0 Å². The van der Waals surface area contributed by atoms with Crippen molar-refractivity contribution in [3.63, 3.8) is 0 Å². The van der Waals surface area contributed by atoms with E-state index < -0.39 is 18.1 Å². The summed E-state index contributed by atoms with van der Waals surface area (Å²) in [4.78, 5) is 0.244. The average Bonchev–Trinajstić information content (AvgIpc) is 2.64. The second-order valence-corrected chi connectivity index (χ2v) is 17.0. The van der Waals surface area contributed by atoms with Crippen LogP contribution in [0.15, 0.2) is 57.9 Å². The third-order valence-corrected chi connectivity index (χ3v) is 14.3. The summed E-state index contributed by atoms with van der Waals surface area (Å²) in [5.41, 5.74) is 6.35. The Kier molecular flexibility index (Phi) is 8.01. The number of aryl methyl sites for hydroxylation is 1. The Bertz CT molecular complexity index is 1010. The lowest BCUT2D eigenvalue weighted by molar-refractivity contribution is 0.596. The minimum atomic E-state index is -3.83. The second kappa shape index (κ2) is 9.72. The van der Waals surface area contributed by atoms with Gasteiger partial charge in [-0.05, 0) is 53.9 Å². The maximum atomic E-state index is 13.6. The molecular formula is C24H32BrNO2SSi. The lowest BCUT2D eigenvalue weighted by Crippen LogP contribution is -2.44. The van der Waals surface area contributed by atoms with E-state index in [0.717, 1.165) is 10.0 Å². The Labute approximate surface area is 192 Å². The molecule has 0 aliphatic rings. The molecule has 2 aromatic rings. The maximum absolute atomic E-state index is 13.6. The standard InChI is InChI=1S/C24H32BrNO2SSi/c1-18(2)30(19(3)4,20(5)6)16-15-26(23-10-8-9-22(25)17-23)29(27,28)24-13-11-21(7)12-14-24/h8-14,17-20H,1-7H3. The quantitative estimate of drug-likeness (QED) is 0.237. The van der Waals surface area contributed by atoms with E-state index in [2.05, 4.69) is 69.1 Å². The molecule has 162 valence electrons. The zero-order chi connectivity index (χ0) is 22.7. The van der Waals surface area contributed by atoms with Gasteiger partial charge in [0.25, 0.3) is 10.0 Å². The van der Waals surface area contributed by atoms with E-state index in [1.54, 1.807) is 24.3 Å². The van der Waals surface area contributed by atoms with Crippen LogP contribution in [-0.2, 0) is 10.0 Å². The molecule has 2 rings (SSSR count). The molecule has 0 bridgehead atoms. The number of nitrogens with zero attached hydrogens (tertiary/aromatic N) is 1. The van der Waals surface area contributed by atoms with Gasteiger partial charge in [-0.3, -0.25) is 0 Å². The molecular weight excluding hydrogens is 474 g/mol. The molecule has 0 fully saturated rings. The highest BCUT2D eigenvalue weighted by Crippen LogP contribution is 2.41. The number of hydrogen-bond acceptors (Lipinski definition) is 2. The predicted molar refractivity (Wildman–Crippen MR) is 134 cm³/mol. The summed E-state index contributed by atoms with van der Waals surface area (Å²) in [6.45, 7) is 15.3. The highest BCUT2D eigenvalue weighted by Gasteiger charge is 2.42. The molecule has 0 spiro atoms. The fourth-order valence-corrected chi connectivity index (χ4v) is 11.1. The summed E-state index contributed by atoms with van der Waals surface area (Å²) in [6, 6.07) is 17.4. The van der Waals surface area contributed by atoms with Crippen LogP contribution in [0.1, 0.15) is 47.1 Å². The Balaban J connectivity index is 2.73. The van der Waals surface area contributed by atoms with Crippen molar-refractivity contribution in [2.75, 3.05) is 4.31 Å². The SMILES string of the molecule is Cc1ccc(S(=O)(=O)N(C#C[Si](C(C)C)(C(C)C)C(C)C)c2cccc(Br)c2)cc1. The zero-order valence-electron chi connectivity index (χ0n) is 18.9. The van der Waals surface area contributed by atoms with Gasteiger partial charge in [-0.15, -0.1) is 5.54 Å². The second-order valence-electron chi connectivity index (χ2n) is 8.70. The van der Waals surface area contributed by atoms with E-state index in [9.17, 15) is 8.42 Å². The summed E-state index contributed by atoms with van der Waals surface area (Å²) in [6.07, 6.45) is 0. The van der Waals surface area contributed by atoms with E-state index in [1.807, 2.05) is 31.2 Å². The lowest BCUT2D eigenvalue weighted by atomic mass is 10.2. The van der Waals surface area contributed by atoms with Gasteiger partial charge in [0.15, 0.2) is 0 Å². The molecule has 6 heteroatoms. The van der Waals surface area contributed by atoms with Gasteiger partial charge in [0.1, 0.15) is 8.07 Å². The molecule has 0 aliphatic heterocycles. The van der Waals surface area contributed by atoms with Gasteiger partial charge >= 0.3 is 0 Å². The number of benzene rings is 2. The van der Waals surface area contributed by atoms with Gasteiger partial charge in [0.2, 0.25) is 0 Å². The van der Waals surface area contributed by atoms with Crippen LogP contribution in [-0.4, -0.2) is 16.5 Å². The van der Waals surface area contributed by atoms with Gasteiger partial charge in [-0.25, -0.2) is 8.42 Å². The van der Waals surface area contributed by atoms with Gasteiger partial charge < -0.3 is 0 Å². The van der Waals surface area contributed by atoms with Gasteiger partial charge in [0.05, 0.1) is 10.6 Å². The molecule has 0 aromatic heterocycles. The summed E-state index contributed by atoms with van der Waals surface area (Å²) >= 11 is 3.46. The van der Waals surface area contributed by atoms with Gasteiger partial charge in [-0.1, -0.05) is 81.2 Å². The van der Waals surface area contributed by atoms with Crippen LogP contribution in [0.5, 0.6) is 0 Å². The zero-order valence-corrected chi connectivity index (χ0v) is 22.3. The Morgan fingerprint density at radius 1 is 0.900 bits per heavy atom. The highest BCUT2D eigenvalue weighted by molar-refractivity contribution is 9.10. The molecule has 0 radical (unpaired) electrons. The molecule has 0 atom stereocenters. The monoisotopic (exact) mass is 505 g/mol. The maximum Gasteiger partial charge on any atom is 0.275 e. The van der Waals surface area contributed by atoms with Crippen molar-refractivity contribution in [2.45, 2.75) is 70.0 Å². The Morgan fingerprint density at radius 3 is 1.90 bits per heavy atom. The molecule has 0 N–H and O–H groups in total. The van der Waals surface area contributed by atoms with Crippen molar-refractivity contribution in [2.24, 2.45) is 0 Å². The summed E-state index contributed by atoms with van der Waals surface area (Å²) < 4.78 is 29.3. The third kappa shape index (κ3) is 5.01. The smallest absolute Gasteiger partial charge is 0.200 e. The first-order valence-electron chi connectivity index (χ1n) is 10.3. The van der Waals surface area contributed by atoms with E-state index in [1.165, 1.54) is 4.31 Å². The van der Waals surface area contributed by atoms with Gasteiger partial charge in [-0.2, -0.15) is 4.31 Å². The fourth-order valence-electron chi connectivity index (χ4n) is 4.26. The lowest BCUT2D eigenvalue weighted by Gasteiger charge is -2.38. The van der Waals surface area contributed by atoms with Crippen molar-refractivity contribution in [3.8, 4) is 11.6 Å². The van der Waals surface area contributed by atoms with Crippen LogP contribution in [0.25, 0.3) is 0 Å². The molecule has 0 saturated carbocycles. The Hall–Kier alpha value is -1.55. The molecule has 0 heterocycles. The number of halogens is 1. The van der Waals surface area contributed by atoms with Crippen LogP contribution in [0, 0.1) is 18.5 Å². The summed E-state index contributed by atoms with van der Waals surface area (Å²) in [7, 11) is -5.93. The van der Waals surface area contributed by atoms with Gasteiger partial charge in [0, 0.05) is 10.5 Å². The molecule has 0 amide bonds. The van der Waals surface area contributed by atoms with Crippen molar-refractivity contribution in [3.05, 3.63) is 58.6 Å².